The summed E-state index contributed by atoms with van der Waals surface area (Å²) < 4.78 is 0. The van der Waals surface area contributed by atoms with Gasteiger partial charge >= 0.3 is 0 Å². The van der Waals surface area contributed by atoms with Crippen molar-refractivity contribution in [3.63, 3.8) is 0 Å². The van der Waals surface area contributed by atoms with Crippen LogP contribution in [0.15, 0.2) is 41.4 Å². The Morgan fingerprint density at radius 1 is 1.25 bits per heavy atom. The zero-order chi connectivity index (χ0) is 19.7. The maximum Gasteiger partial charge on any atom is 0.139 e. The smallest absolute Gasteiger partial charge is 0.139 e. The molecule has 0 unspecified atom stereocenters. The highest BCUT2D eigenvalue weighted by Crippen LogP contribution is 2.38. The van der Waals surface area contributed by atoms with Crippen molar-refractivity contribution in [2.75, 3.05) is 0 Å². The van der Waals surface area contributed by atoms with Crippen LogP contribution in [0.4, 0.5) is 0 Å². The Hall–Kier alpha value is -2.37. The number of fused-ring (bicyclic) bond motifs is 1. The molecule has 5 nitrogen and oxygen atoms in total. The van der Waals surface area contributed by atoms with Crippen LogP contribution in [0.3, 0.4) is 0 Å². The molecule has 2 aliphatic rings. The van der Waals surface area contributed by atoms with E-state index in [0.717, 1.165) is 35.2 Å². The lowest BCUT2D eigenvalue weighted by molar-refractivity contribution is -0.119. The highest BCUT2D eigenvalue weighted by atomic mass is 16.3. The van der Waals surface area contributed by atoms with Crippen molar-refractivity contribution in [1.29, 1.82) is 0 Å². The highest BCUT2D eigenvalue weighted by Gasteiger charge is 2.34. The minimum absolute atomic E-state index is 0.0347. The summed E-state index contributed by atoms with van der Waals surface area (Å²) in [6.07, 6.45) is 2.17. The molecule has 28 heavy (non-hydrogen) atoms. The standard InChI is InChI=1S/C23H26N2O3/c1-14(27)20(15-5-3-2-4-6-15)11-19(28)10-18-9-17-12-24-23(16-7-8-16)22(17)21(13-26)25-18/h2-6,9,14,16,20,26-27H,7-8,10-13H2,1H3/t14-,20-/m1/s1. The number of aromatic nitrogens is 1. The van der Waals surface area contributed by atoms with Crippen molar-refractivity contribution < 1.29 is 15.0 Å². The predicted octanol–water partition coefficient (Wildman–Crippen LogP) is 2.95. The molecular weight excluding hydrogens is 352 g/mol. The number of aliphatic hydroxyl groups excluding tert-OH is 2. The number of aliphatic imine (C=N–C) groups is 1. The maximum absolute atomic E-state index is 12.7. The predicted molar refractivity (Wildman–Crippen MR) is 107 cm³/mol. The number of nitrogens with zero attached hydrogens (tertiary/aromatic N) is 2. The van der Waals surface area contributed by atoms with Crippen LogP contribution in [0.1, 0.15) is 60.2 Å². The minimum atomic E-state index is -0.609. The van der Waals surface area contributed by atoms with E-state index in [1.165, 1.54) is 0 Å². The number of Topliss-reactive ketones (excluding diaryl/α,β-unsaturated/α-hetero) is 1. The molecule has 2 aromatic rings. The van der Waals surface area contributed by atoms with Gasteiger partial charge in [-0.2, -0.15) is 0 Å². The molecule has 1 saturated carbocycles. The van der Waals surface area contributed by atoms with E-state index >= 15 is 0 Å². The average molecular weight is 378 g/mol. The summed E-state index contributed by atoms with van der Waals surface area (Å²) in [6.45, 7) is 2.19. The van der Waals surface area contributed by atoms with Gasteiger partial charge < -0.3 is 10.2 Å². The van der Waals surface area contributed by atoms with Gasteiger partial charge in [0.1, 0.15) is 5.78 Å². The minimum Gasteiger partial charge on any atom is -0.393 e. The number of rotatable bonds is 8. The quantitative estimate of drug-likeness (QED) is 0.740. The second kappa shape index (κ2) is 7.94. The molecule has 0 amide bonds. The van der Waals surface area contributed by atoms with Gasteiger partial charge in [-0.3, -0.25) is 14.8 Å². The number of hydrogen-bond donors (Lipinski definition) is 2. The average Bonchev–Trinajstić information content (AvgIpc) is 3.45. The molecular formula is C23H26N2O3. The highest BCUT2D eigenvalue weighted by molar-refractivity contribution is 6.07. The van der Waals surface area contributed by atoms with Gasteiger partial charge in [0.25, 0.3) is 0 Å². The summed E-state index contributed by atoms with van der Waals surface area (Å²) >= 11 is 0. The lowest BCUT2D eigenvalue weighted by atomic mass is 9.88. The third kappa shape index (κ3) is 3.91. The number of carbonyl (C=O) groups is 1. The summed E-state index contributed by atoms with van der Waals surface area (Å²) in [5.74, 6) is 0.316. The van der Waals surface area contributed by atoms with Crippen molar-refractivity contribution in [3.8, 4) is 0 Å². The van der Waals surface area contributed by atoms with Crippen molar-refractivity contribution in [1.82, 2.24) is 4.98 Å². The molecule has 2 N–H and O–H groups in total. The van der Waals surface area contributed by atoms with Gasteiger partial charge in [0.2, 0.25) is 0 Å². The SMILES string of the molecule is C[C@@H](O)[C@@H](CC(=O)Cc1cc2c(c(CO)n1)C(C1CC1)=NC2)c1ccccc1. The van der Waals surface area contributed by atoms with Crippen LogP contribution in [0, 0.1) is 5.92 Å². The van der Waals surface area contributed by atoms with Crippen LogP contribution in [-0.4, -0.2) is 32.8 Å². The number of aliphatic hydroxyl groups is 2. The number of carbonyl (C=O) groups excluding carboxylic acids is 1. The van der Waals surface area contributed by atoms with Gasteiger partial charge in [-0.1, -0.05) is 30.3 Å². The molecule has 0 bridgehead atoms. The Kier molecular flexibility index (Phi) is 5.38. The molecule has 4 rings (SSSR count). The van der Waals surface area contributed by atoms with E-state index in [0.29, 0.717) is 23.9 Å². The molecule has 1 aromatic heterocycles. The Morgan fingerprint density at radius 2 is 2.00 bits per heavy atom. The molecule has 1 aromatic carbocycles. The first kappa shape index (κ1) is 19.0. The van der Waals surface area contributed by atoms with Gasteiger partial charge in [-0.15, -0.1) is 0 Å². The monoisotopic (exact) mass is 378 g/mol. The van der Waals surface area contributed by atoms with Crippen LogP contribution < -0.4 is 0 Å². The van der Waals surface area contributed by atoms with Gasteiger partial charge in [-0.05, 0) is 37.0 Å². The maximum atomic E-state index is 12.7. The van der Waals surface area contributed by atoms with Crippen LogP contribution >= 0.6 is 0 Å². The van der Waals surface area contributed by atoms with Crippen molar-refractivity contribution >= 4 is 11.5 Å². The van der Waals surface area contributed by atoms with E-state index in [-0.39, 0.29) is 31.1 Å². The Balaban J connectivity index is 1.50. The van der Waals surface area contributed by atoms with Crippen molar-refractivity contribution in [3.05, 3.63) is 64.5 Å². The van der Waals surface area contributed by atoms with E-state index in [2.05, 4.69) is 9.98 Å². The van der Waals surface area contributed by atoms with E-state index in [1.807, 2.05) is 36.4 Å². The van der Waals surface area contributed by atoms with Gasteiger partial charge in [-0.25, -0.2) is 0 Å². The second-order valence-corrected chi connectivity index (χ2v) is 7.91. The third-order valence-corrected chi connectivity index (χ3v) is 5.65. The third-order valence-electron chi connectivity index (χ3n) is 5.65. The van der Waals surface area contributed by atoms with E-state index < -0.39 is 6.10 Å². The van der Waals surface area contributed by atoms with Gasteiger partial charge in [0.15, 0.2) is 0 Å². The van der Waals surface area contributed by atoms with Crippen LogP contribution in [0.5, 0.6) is 0 Å². The van der Waals surface area contributed by atoms with E-state index in [1.54, 1.807) is 6.92 Å². The largest absolute Gasteiger partial charge is 0.393 e. The van der Waals surface area contributed by atoms with Gasteiger partial charge in [0, 0.05) is 41.6 Å². The second-order valence-electron chi connectivity index (χ2n) is 7.91. The van der Waals surface area contributed by atoms with Gasteiger partial charge in [0.05, 0.1) is 24.9 Å². The number of ketones is 1. The first-order valence-electron chi connectivity index (χ1n) is 9.98. The topological polar surface area (TPSA) is 82.8 Å². The Labute approximate surface area is 165 Å². The van der Waals surface area contributed by atoms with Crippen molar-refractivity contribution in [2.45, 2.75) is 57.8 Å². The molecule has 1 aliphatic carbocycles. The zero-order valence-corrected chi connectivity index (χ0v) is 16.1. The fraction of sp³-hybridized carbons (Fsp3) is 0.435. The first-order chi connectivity index (χ1) is 13.6. The summed E-state index contributed by atoms with van der Waals surface area (Å²) in [5, 5.41) is 20.0. The Bertz CT molecular complexity index is 902. The van der Waals surface area contributed by atoms with Crippen LogP contribution in [0.2, 0.25) is 0 Å². The molecule has 1 fully saturated rings. The first-order valence-corrected chi connectivity index (χ1v) is 9.98. The lowest BCUT2D eigenvalue weighted by Crippen LogP contribution is -2.20. The van der Waals surface area contributed by atoms with Crippen LogP contribution in [-0.2, 0) is 24.4 Å². The molecule has 0 spiro atoms. The lowest BCUT2D eigenvalue weighted by Gasteiger charge is -2.20. The number of hydrogen-bond acceptors (Lipinski definition) is 5. The van der Waals surface area contributed by atoms with Crippen LogP contribution in [0.25, 0.3) is 0 Å². The molecule has 2 atom stereocenters. The molecule has 2 heterocycles. The summed E-state index contributed by atoms with van der Waals surface area (Å²) in [6, 6.07) is 11.6. The summed E-state index contributed by atoms with van der Waals surface area (Å²) in [7, 11) is 0. The zero-order valence-electron chi connectivity index (χ0n) is 16.1. The molecule has 0 radical (unpaired) electrons. The van der Waals surface area contributed by atoms with E-state index in [9.17, 15) is 15.0 Å². The van der Waals surface area contributed by atoms with Crippen molar-refractivity contribution in [2.24, 2.45) is 10.9 Å². The summed E-state index contributed by atoms with van der Waals surface area (Å²) in [4.78, 5) is 22.0. The fourth-order valence-corrected chi connectivity index (χ4v) is 4.09. The number of pyridine rings is 1. The molecule has 1 aliphatic heterocycles. The molecule has 146 valence electrons. The molecule has 5 heteroatoms. The Morgan fingerprint density at radius 3 is 2.64 bits per heavy atom. The van der Waals surface area contributed by atoms with E-state index in [4.69, 9.17) is 0 Å². The fourth-order valence-electron chi connectivity index (χ4n) is 4.09. The molecule has 0 saturated heterocycles. The summed E-state index contributed by atoms with van der Waals surface area (Å²) in [5.41, 5.74) is 5.44. The normalized spacial score (nSPS) is 17.8. The number of benzene rings is 1.